The van der Waals surface area contributed by atoms with E-state index in [2.05, 4.69) is 39.8 Å². The molecule has 0 rings (SSSR count). The van der Waals surface area contributed by atoms with Crippen molar-refractivity contribution >= 4 is 5.97 Å². The maximum absolute atomic E-state index is 10.7. The van der Waals surface area contributed by atoms with Gasteiger partial charge in [-0.2, -0.15) is 0 Å². The van der Waals surface area contributed by atoms with Crippen LogP contribution in [0.5, 0.6) is 0 Å². The quantitative estimate of drug-likeness (QED) is 0.439. The first-order chi connectivity index (χ1) is 8.37. The Bertz CT molecular complexity index is 254. The van der Waals surface area contributed by atoms with E-state index in [1.807, 2.05) is 0 Å². The largest absolute Gasteiger partial charge is 0.466 e. The maximum Gasteiger partial charge on any atom is 0.302 e. The first kappa shape index (κ1) is 17.2. The van der Waals surface area contributed by atoms with Crippen molar-refractivity contribution in [3.63, 3.8) is 0 Å². The fourth-order valence-corrected chi connectivity index (χ4v) is 2.04. The van der Waals surface area contributed by atoms with Crippen LogP contribution in [-0.2, 0) is 9.53 Å². The molecule has 18 heavy (non-hydrogen) atoms. The molecular weight excluding hydrogens is 224 g/mol. The highest BCUT2D eigenvalue weighted by atomic mass is 16.5. The Kier molecular flexibility index (Phi) is 8.78. The van der Waals surface area contributed by atoms with Crippen LogP contribution in [0, 0.1) is 11.3 Å². The number of rotatable bonds is 9. The van der Waals surface area contributed by atoms with Crippen LogP contribution in [0.15, 0.2) is 12.2 Å². The lowest BCUT2D eigenvalue weighted by Gasteiger charge is -2.24. The van der Waals surface area contributed by atoms with Gasteiger partial charge in [-0.15, -0.1) is 0 Å². The summed E-state index contributed by atoms with van der Waals surface area (Å²) < 4.78 is 5.02. The van der Waals surface area contributed by atoms with E-state index in [-0.39, 0.29) is 5.97 Å². The molecule has 0 aliphatic rings. The van der Waals surface area contributed by atoms with E-state index in [4.69, 9.17) is 4.74 Å². The fraction of sp³-hybridized carbons (Fsp3) is 0.812. The van der Waals surface area contributed by atoms with Crippen molar-refractivity contribution in [1.82, 2.24) is 0 Å². The Hall–Kier alpha value is -0.790. The van der Waals surface area contributed by atoms with Gasteiger partial charge in [0.15, 0.2) is 0 Å². The van der Waals surface area contributed by atoms with Crippen molar-refractivity contribution < 1.29 is 9.53 Å². The summed E-state index contributed by atoms with van der Waals surface area (Å²) in [6.07, 6.45) is 10.4. The van der Waals surface area contributed by atoms with Crippen molar-refractivity contribution in [3.8, 4) is 0 Å². The molecule has 0 aromatic rings. The van der Waals surface area contributed by atoms with Gasteiger partial charge in [0.25, 0.3) is 0 Å². The van der Waals surface area contributed by atoms with Gasteiger partial charge >= 0.3 is 5.97 Å². The lowest BCUT2D eigenvalue weighted by molar-refractivity contribution is -0.142. The monoisotopic (exact) mass is 254 g/mol. The van der Waals surface area contributed by atoms with Gasteiger partial charge in [0.1, 0.15) is 0 Å². The summed E-state index contributed by atoms with van der Waals surface area (Å²) in [5.74, 6) is 0.300. The lowest BCUT2D eigenvalue weighted by Crippen LogP contribution is -2.13. The first-order valence-electron chi connectivity index (χ1n) is 7.12. The Morgan fingerprint density at radius 1 is 1.33 bits per heavy atom. The van der Waals surface area contributed by atoms with Gasteiger partial charge in [0.05, 0.1) is 6.61 Å². The Balaban J connectivity index is 3.70. The molecule has 0 saturated heterocycles. The van der Waals surface area contributed by atoms with Crippen LogP contribution in [0.25, 0.3) is 0 Å². The third-order valence-electron chi connectivity index (χ3n) is 3.35. The molecule has 0 aliphatic carbocycles. The molecule has 0 fully saturated rings. The molecule has 0 amide bonds. The molecule has 0 spiro atoms. The molecular formula is C16H30O2. The Labute approximate surface area is 113 Å². The molecule has 0 saturated carbocycles. The summed E-state index contributed by atoms with van der Waals surface area (Å²) in [5.41, 5.74) is 0.417. The van der Waals surface area contributed by atoms with Crippen molar-refractivity contribution in [3.05, 3.63) is 12.2 Å². The maximum atomic E-state index is 10.7. The average Bonchev–Trinajstić information content (AvgIpc) is 2.26. The van der Waals surface area contributed by atoms with Gasteiger partial charge in [-0.05, 0) is 43.9 Å². The minimum absolute atomic E-state index is 0.173. The third kappa shape index (κ3) is 10.4. The van der Waals surface area contributed by atoms with E-state index < -0.39 is 0 Å². The van der Waals surface area contributed by atoms with E-state index in [1.165, 1.54) is 32.6 Å². The summed E-state index contributed by atoms with van der Waals surface area (Å²) in [5, 5.41) is 0. The molecule has 0 N–H and O–H groups in total. The zero-order valence-electron chi connectivity index (χ0n) is 12.8. The lowest BCUT2D eigenvalue weighted by atomic mass is 9.82. The van der Waals surface area contributed by atoms with Crippen LogP contribution < -0.4 is 0 Å². The minimum atomic E-state index is -0.173. The topological polar surface area (TPSA) is 26.3 Å². The standard InChI is InChI=1S/C16H30O2/c1-6-7-8-11-16(4,5)12-9-10-14(2)13-18-15(3)17/h6-7,14H,8-13H2,1-5H3/b7-6+. The highest BCUT2D eigenvalue weighted by Crippen LogP contribution is 2.29. The SMILES string of the molecule is C/C=C/CCC(C)(C)CCCC(C)COC(C)=O. The summed E-state index contributed by atoms with van der Waals surface area (Å²) >= 11 is 0. The summed E-state index contributed by atoms with van der Waals surface area (Å²) in [6.45, 7) is 10.9. The number of carbonyl (C=O) groups is 1. The number of hydrogen-bond acceptors (Lipinski definition) is 2. The number of ether oxygens (including phenoxy) is 1. The van der Waals surface area contributed by atoms with E-state index in [1.54, 1.807) is 0 Å². The van der Waals surface area contributed by atoms with Crippen molar-refractivity contribution in [1.29, 1.82) is 0 Å². The molecule has 1 atom stereocenters. The van der Waals surface area contributed by atoms with Gasteiger partial charge in [0.2, 0.25) is 0 Å². The van der Waals surface area contributed by atoms with Crippen LogP contribution in [0.3, 0.4) is 0 Å². The van der Waals surface area contributed by atoms with E-state index >= 15 is 0 Å². The summed E-state index contributed by atoms with van der Waals surface area (Å²) in [4.78, 5) is 10.7. The van der Waals surface area contributed by atoms with E-state index in [0.717, 1.165) is 6.42 Å². The number of carbonyl (C=O) groups excluding carboxylic acids is 1. The Morgan fingerprint density at radius 3 is 2.56 bits per heavy atom. The molecule has 0 radical (unpaired) electrons. The summed E-state index contributed by atoms with van der Waals surface area (Å²) in [7, 11) is 0. The van der Waals surface area contributed by atoms with Gasteiger partial charge in [-0.1, -0.05) is 39.3 Å². The second kappa shape index (κ2) is 9.18. The van der Waals surface area contributed by atoms with Gasteiger partial charge in [-0.3, -0.25) is 4.79 Å². The normalized spacial score (nSPS) is 13.8. The average molecular weight is 254 g/mol. The molecule has 0 aliphatic heterocycles. The molecule has 2 nitrogen and oxygen atoms in total. The van der Waals surface area contributed by atoms with Gasteiger partial charge in [0, 0.05) is 6.92 Å². The van der Waals surface area contributed by atoms with Crippen LogP contribution in [0.2, 0.25) is 0 Å². The minimum Gasteiger partial charge on any atom is -0.466 e. The van der Waals surface area contributed by atoms with Crippen LogP contribution >= 0.6 is 0 Å². The third-order valence-corrected chi connectivity index (χ3v) is 3.35. The molecule has 0 bridgehead atoms. The van der Waals surface area contributed by atoms with Crippen molar-refractivity contribution in [2.24, 2.45) is 11.3 Å². The fourth-order valence-electron chi connectivity index (χ4n) is 2.04. The van der Waals surface area contributed by atoms with Crippen molar-refractivity contribution in [2.75, 3.05) is 6.61 Å². The number of allylic oxidation sites excluding steroid dienone is 2. The second-order valence-corrected chi connectivity index (χ2v) is 6.07. The highest BCUT2D eigenvalue weighted by Gasteiger charge is 2.17. The Morgan fingerprint density at radius 2 is 2.00 bits per heavy atom. The first-order valence-corrected chi connectivity index (χ1v) is 7.12. The molecule has 1 unspecified atom stereocenters. The number of esters is 1. The van der Waals surface area contributed by atoms with E-state index in [0.29, 0.717) is 17.9 Å². The van der Waals surface area contributed by atoms with Crippen molar-refractivity contribution in [2.45, 2.75) is 66.7 Å². The molecule has 0 aromatic heterocycles. The molecule has 0 heterocycles. The predicted octanol–water partition coefficient (Wildman–Crippen LogP) is 4.74. The van der Waals surface area contributed by atoms with Gasteiger partial charge in [-0.25, -0.2) is 0 Å². The zero-order valence-corrected chi connectivity index (χ0v) is 12.8. The van der Waals surface area contributed by atoms with E-state index in [9.17, 15) is 4.79 Å². The molecule has 0 aromatic carbocycles. The predicted molar refractivity (Wildman–Crippen MR) is 77.5 cm³/mol. The van der Waals surface area contributed by atoms with Crippen LogP contribution in [0.1, 0.15) is 66.7 Å². The second-order valence-electron chi connectivity index (χ2n) is 6.07. The molecule has 106 valence electrons. The summed E-state index contributed by atoms with van der Waals surface area (Å²) in [6, 6.07) is 0. The van der Waals surface area contributed by atoms with Crippen LogP contribution in [-0.4, -0.2) is 12.6 Å². The number of hydrogen-bond donors (Lipinski definition) is 0. The zero-order chi connectivity index (χ0) is 14.0. The van der Waals surface area contributed by atoms with Gasteiger partial charge < -0.3 is 4.74 Å². The smallest absolute Gasteiger partial charge is 0.302 e. The van der Waals surface area contributed by atoms with Crippen LogP contribution in [0.4, 0.5) is 0 Å². The molecule has 2 heteroatoms. The highest BCUT2D eigenvalue weighted by molar-refractivity contribution is 5.65.